The second-order valence-electron chi connectivity index (χ2n) is 11.7. The molecule has 0 spiro atoms. The van der Waals surface area contributed by atoms with Crippen LogP contribution < -0.4 is 30.5 Å². The number of hydrogen-bond acceptors (Lipinski definition) is 13. The molecule has 0 atom stereocenters. The molecule has 1 aromatic carbocycles. The third-order valence-electron chi connectivity index (χ3n) is 8.66. The number of hydrazine groups is 1. The number of nitrogens with zero attached hydrogens (tertiary/aromatic N) is 7. The van der Waals surface area contributed by atoms with Crippen LogP contribution in [0.25, 0.3) is 22.5 Å². The molecule has 7 rings (SSSR count). The number of nitrogens with one attached hydrogen (secondary N) is 1. The normalized spacial score (nSPS) is 16.7. The van der Waals surface area contributed by atoms with Crippen molar-refractivity contribution in [1.29, 1.82) is 0 Å². The highest BCUT2D eigenvalue weighted by molar-refractivity contribution is 5.72. The number of benzene rings is 1. The summed E-state index contributed by atoms with van der Waals surface area (Å²) in [7, 11) is 0. The monoisotopic (exact) mass is 627 g/mol. The van der Waals surface area contributed by atoms with E-state index >= 15 is 0 Å². The first-order valence-electron chi connectivity index (χ1n) is 16.2. The van der Waals surface area contributed by atoms with Gasteiger partial charge in [-0.1, -0.05) is 0 Å². The standard InChI is InChI=1S/C33H41N9O4/c1-3-43-27-19-22(20-28(29(27)34)44-4-2)21-40-17-11-24(12-18-40)42(33-39-26-8-6-14-37-31(26)46-33)41(23-9-15-35-16-10-23)32-38-25-7-5-13-36-30(25)45-32/h5-8,13-14,19-20,23-24,35H,3-4,9-12,15-18,21,34H2,1-2H3. The first kappa shape index (κ1) is 30.1. The molecule has 2 aliphatic rings. The van der Waals surface area contributed by atoms with Crippen LogP contribution in [0.3, 0.4) is 0 Å². The number of hydrogen-bond donors (Lipinski definition) is 2. The van der Waals surface area contributed by atoms with Gasteiger partial charge in [-0.25, -0.2) is 20.0 Å². The van der Waals surface area contributed by atoms with Crippen molar-refractivity contribution in [2.75, 3.05) is 55.1 Å². The number of pyridine rings is 2. The van der Waals surface area contributed by atoms with Crippen LogP contribution >= 0.6 is 0 Å². The Morgan fingerprint density at radius 3 is 1.85 bits per heavy atom. The van der Waals surface area contributed by atoms with Crippen molar-refractivity contribution in [3.8, 4) is 11.5 Å². The molecule has 0 radical (unpaired) electrons. The number of oxazole rings is 2. The van der Waals surface area contributed by atoms with Crippen molar-refractivity contribution >= 4 is 40.2 Å². The Balaban J connectivity index is 1.20. The number of aromatic nitrogens is 4. The zero-order valence-corrected chi connectivity index (χ0v) is 26.4. The average molecular weight is 628 g/mol. The van der Waals surface area contributed by atoms with E-state index < -0.39 is 0 Å². The van der Waals surface area contributed by atoms with Gasteiger partial charge in [0.05, 0.1) is 25.3 Å². The highest BCUT2D eigenvalue weighted by Gasteiger charge is 2.39. The van der Waals surface area contributed by atoms with Gasteiger partial charge in [0, 0.05) is 32.0 Å². The number of nitrogen functional groups attached to an aromatic ring is 1. The van der Waals surface area contributed by atoms with E-state index in [0.29, 0.717) is 64.9 Å². The van der Waals surface area contributed by atoms with Crippen LogP contribution in [0.1, 0.15) is 45.1 Å². The van der Waals surface area contributed by atoms with Gasteiger partial charge in [-0.3, -0.25) is 4.90 Å². The van der Waals surface area contributed by atoms with Crippen LogP contribution in [-0.4, -0.2) is 76.3 Å². The van der Waals surface area contributed by atoms with E-state index in [4.69, 9.17) is 34.0 Å². The smallest absolute Gasteiger partial charge is 0.319 e. The van der Waals surface area contributed by atoms with Gasteiger partial charge in [0.2, 0.25) is 11.4 Å². The molecule has 0 aliphatic carbocycles. The molecule has 0 bridgehead atoms. The highest BCUT2D eigenvalue weighted by atomic mass is 16.5. The Hall–Kier alpha value is -4.62. The lowest BCUT2D eigenvalue weighted by atomic mass is 10.0. The topological polar surface area (TPSA) is 144 Å². The van der Waals surface area contributed by atoms with Crippen molar-refractivity contribution in [2.24, 2.45) is 0 Å². The summed E-state index contributed by atoms with van der Waals surface area (Å²) in [6.45, 7) is 9.28. The summed E-state index contributed by atoms with van der Waals surface area (Å²) < 4.78 is 24.4. The predicted octanol–water partition coefficient (Wildman–Crippen LogP) is 4.78. The van der Waals surface area contributed by atoms with E-state index in [1.165, 1.54) is 0 Å². The number of piperidine rings is 2. The van der Waals surface area contributed by atoms with Crippen LogP contribution in [0.5, 0.6) is 11.5 Å². The van der Waals surface area contributed by atoms with E-state index in [1.807, 2.05) is 50.2 Å². The number of fused-ring (bicyclic) bond motifs is 2. The van der Waals surface area contributed by atoms with Gasteiger partial charge < -0.3 is 29.4 Å². The fourth-order valence-corrected chi connectivity index (χ4v) is 6.49. The minimum atomic E-state index is 0.0755. The average Bonchev–Trinajstić information content (AvgIpc) is 3.71. The molecule has 3 N–H and O–H groups in total. The Morgan fingerprint density at radius 1 is 0.826 bits per heavy atom. The first-order chi connectivity index (χ1) is 22.6. The fraction of sp³-hybridized carbons (Fsp3) is 0.455. The minimum Gasteiger partial charge on any atom is -0.492 e. The predicted molar refractivity (Wildman–Crippen MR) is 176 cm³/mol. The van der Waals surface area contributed by atoms with E-state index in [9.17, 15) is 0 Å². The van der Waals surface area contributed by atoms with Gasteiger partial charge >= 0.3 is 12.0 Å². The molecule has 0 saturated carbocycles. The molecule has 13 heteroatoms. The molecule has 6 heterocycles. The molecule has 4 aromatic heterocycles. The van der Waals surface area contributed by atoms with Crippen molar-refractivity contribution in [2.45, 2.75) is 58.2 Å². The molecule has 0 amide bonds. The van der Waals surface area contributed by atoms with Gasteiger partial charge in [0.1, 0.15) is 28.2 Å². The van der Waals surface area contributed by atoms with E-state index in [0.717, 1.165) is 64.0 Å². The lowest BCUT2D eigenvalue weighted by Gasteiger charge is -2.46. The lowest BCUT2D eigenvalue weighted by Crippen LogP contribution is -2.59. The Labute approximate surface area is 267 Å². The highest BCUT2D eigenvalue weighted by Crippen LogP contribution is 2.37. The summed E-state index contributed by atoms with van der Waals surface area (Å²) in [4.78, 5) is 21.2. The largest absolute Gasteiger partial charge is 0.492 e. The molecule has 2 aliphatic heterocycles. The number of nitrogens with two attached hydrogens (primary N) is 1. The second-order valence-corrected chi connectivity index (χ2v) is 11.7. The Bertz CT molecular complexity index is 1670. The quantitative estimate of drug-likeness (QED) is 0.153. The third kappa shape index (κ3) is 6.12. The van der Waals surface area contributed by atoms with Crippen LogP contribution in [0.4, 0.5) is 17.7 Å². The van der Waals surface area contributed by atoms with Gasteiger partial charge in [-0.15, -0.1) is 0 Å². The SMILES string of the molecule is CCOc1cc(CN2CCC(N(c3nc4cccnc4o3)N(c3nc4cccnc4o3)C3CCNCC3)CC2)cc(OCC)c1N. The Morgan fingerprint density at radius 2 is 1.35 bits per heavy atom. The second kappa shape index (κ2) is 13.4. The van der Waals surface area contributed by atoms with E-state index in [-0.39, 0.29) is 12.1 Å². The molecule has 2 fully saturated rings. The van der Waals surface area contributed by atoms with Crippen molar-refractivity contribution in [3.05, 3.63) is 54.4 Å². The van der Waals surface area contributed by atoms with Crippen LogP contribution in [0.2, 0.25) is 0 Å². The summed E-state index contributed by atoms with van der Waals surface area (Å²) in [6, 6.07) is 12.8. The van der Waals surface area contributed by atoms with Gasteiger partial charge in [-0.2, -0.15) is 9.97 Å². The number of rotatable bonds is 11. The molecule has 242 valence electrons. The molecular weight excluding hydrogens is 586 g/mol. The zero-order chi connectivity index (χ0) is 31.5. The number of ether oxygens (including phenoxy) is 2. The van der Waals surface area contributed by atoms with Crippen LogP contribution in [0, 0.1) is 0 Å². The molecule has 13 nitrogen and oxygen atoms in total. The maximum absolute atomic E-state index is 6.36. The molecule has 5 aromatic rings. The summed E-state index contributed by atoms with van der Waals surface area (Å²) in [5, 5.41) is 7.85. The maximum Gasteiger partial charge on any atom is 0.319 e. The van der Waals surface area contributed by atoms with Crippen molar-refractivity contribution in [3.63, 3.8) is 0 Å². The molecule has 0 unspecified atom stereocenters. The summed E-state index contributed by atoms with van der Waals surface area (Å²) in [5.74, 6) is 1.33. The summed E-state index contributed by atoms with van der Waals surface area (Å²) in [6.07, 6.45) is 7.03. The molecule has 2 saturated heterocycles. The van der Waals surface area contributed by atoms with E-state index in [1.54, 1.807) is 12.4 Å². The maximum atomic E-state index is 6.36. The summed E-state index contributed by atoms with van der Waals surface area (Å²) in [5.41, 5.74) is 10.4. The van der Waals surface area contributed by atoms with Gasteiger partial charge in [-0.05, 0) is 94.6 Å². The van der Waals surface area contributed by atoms with E-state index in [2.05, 4.69) is 30.2 Å². The molecule has 46 heavy (non-hydrogen) atoms. The zero-order valence-electron chi connectivity index (χ0n) is 26.4. The minimum absolute atomic E-state index is 0.0755. The van der Waals surface area contributed by atoms with Gasteiger partial charge in [0.15, 0.2) is 0 Å². The van der Waals surface area contributed by atoms with Crippen molar-refractivity contribution < 1.29 is 18.3 Å². The number of likely N-dealkylation sites (tertiary alicyclic amines) is 1. The lowest BCUT2D eigenvalue weighted by molar-refractivity contribution is 0.193. The Kier molecular flexibility index (Phi) is 8.75. The molecular formula is C33H41N9O4. The first-order valence-corrected chi connectivity index (χ1v) is 16.2. The van der Waals surface area contributed by atoms with Gasteiger partial charge in [0.25, 0.3) is 0 Å². The fourth-order valence-electron chi connectivity index (χ4n) is 6.49. The summed E-state index contributed by atoms with van der Waals surface area (Å²) >= 11 is 0. The van der Waals surface area contributed by atoms with Crippen LogP contribution in [0.15, 0.2) is 57.6 Å². The van der Waals surface area contributed by atoms with Crippen LogP contribution in [-0.2, 0) is 6.54 Å². The van der Waals surface area contributed by atoms with Crippen molar-refractivity contribution in [1.82, 2.24) is 30.2 Å². The third-order valence-corrected chi connectivity index (χ3v) is 8.66. The number of anilines is 3.